The predicted octanol–water partition coefficient (Wildman–Crippen LogP) is 1.56. The summed E-state index contributed by atoms with van der Waals surface area (Å²) in [5.74, 6) is 0.805. The van der Waals surface area contributed by atoms with Gasteiger partial charge in [0.05, 0.1) is 6.10 Å². The number of hydrogen-bond acceptors (Lipinski definition) is 2. The van der Waals surface area contributed by atoms with Crippen LogP contribution in [0.4, 0.5) is 0 Å². The van der Waals surface area contributed by atoms with Crippen molar-refractivity contribution in [3.8, 4) is 0 Å². The van der Waals surface area contributed by atoms with Gasteiger partial charge in [0.1, 0.15) is 0 Å². The quantitative estimate of drug-likeness (QED) is 0.643. The van der Waals surface area contributed by atoms with Gasteiger partial charge in [-0.3, -0.25) is 0 Å². The van der Waals surface area contributed by atoms with Gasteiger partial charge in [0.2, 0.25) is 0 Å². The fraction of sp³-hybridized carbons (Fsp3) is 1.00. The Kier molecular flexibility index (Phi) is 3.01. The third-order valence-electron chi connectivity index (χ3n) is 3.08. The highest BCUT2D eigenvalue weighted by atomic mass is 16.5. The van der Waals surface area contributed by atoms with Gasteiger partial charge in [-0.2, -0.15) is 0 Å². The molecule has 0 spiro atoms. The molecule has 2 saturated heterocycles. The van der Waals surface area contributed by atoms with Crippen molar-refractivity contribution in [1.29, 1.82) is 0 Å². The molecule has 2 atom stereocenters. The van der Waals surface area contributed by atoms with E-state index < -0.39 is 0 Å². The number of rotatable bonds is 1. The summed E-state index contributed by atoms with van der Waals surface area (Å²) in [4.78, 5) is 0. The second kappa shape index (κ2) is 4.24. The molecule has 0 saturated carbocycles. The fourth-order valence-corrected chi connectivity index (χ4v) is 2.33. The molecular weight excluding hydrogens is 150 g/mol. The van der Waals surface area contributed by atoms with Crippen LogP contribution in [0.25, 0.3) is 0 Å². The predicted molar refractivity (Wildman–Crippen MR) is 49.2 cm³/mol. The topological polar surface area (TPSA) is 21.3 Å². The van der Waals surface area contributed by atoms with Crippen LogP contribution in [0.2, 0.25) is 0 Å². The summed E-state index contributed by atoms with van der Waals surface area (Å²) < 4.78 is 5.78. The number of hydrogen-bond donors (Lipinski definition) is 1. The van der Waals surface area contributed by atoms with Crippen molar-refractivity contribution in [3.05, 3.63) is 0 Å². The van der Waals surface area contributed by atoms with E-state index in [1.165, 1.54) is 45.2 Å². The van der Waals surface area contributed by atoms with Crippen LogP contribution >= 0.6 is 0 Å². The van der Waals surface area contributed by atoms with E-state index in [1.807, 2.05) is 0 Å². The lowest BCUT2D eigenvalue weighted by atomic mass is 9.89. The molecule has 2 unspecified atom stereocenters. The highest BCUT2D eigenvalue weighted by molar-refractivity contribution is 4.78. The van der Waals surface area contributed by atoms with Crippen LogP contribution in [0, 0.1) is 5.92 Å². The first-order valence-corrected chi connectivity index (χ1v) is 5.29. The molecule has 0 aromatic carbocycles. The van der Waals surface area contributed by atoms with Gasteiger partial charge in [-0.15, -0.1) is 0 Å². The maximum atomic E-state index is 5.78. The van der Waals surface area contributed by atoms with E-state index in [0.29, 0.717) is 6.10 Å². The average Bonchev–Trinajstić information content (AvgIpc) is 2.21. The Morgan fingerprint density at radius 3 is 2.75 bits per heavy atom. The van der Waals surface area contributed by atoms with Crippen LogP contribution in [0.15, 0.2) is 0 Å². The minimum atomic E-state index is 0.576. The summed E-state index contributed by atoms with van der Waals surface area (Å²) in [5, 5.41) is 3.45. The van der Waals surface area contributed by atoms with Crippen molar-refractivity contribution in [2.45, 2.75) is 38.2 Å². The first kappa shape index (κ1) is 8.52. The average molecular weight is 169 g/mol. The first-order valence-electron chi connectivity index (χ1n) is 5.29. The summed E-state index contributed by atoms with van der Waals surface area (Å²) in [6.07, 6.45) is 7.23. The molecule has 0 aromatic heterocycles. The summed E-state index contributed by atoms with van der Waals surface area (Å²) in [7, 11) is 0. The molecule has 2 heterocycles. The molecular formula is C10H19NO. The Morgan fingerprint density at radius 1 is 1.08 bits per heavy atom. The van der Waals surface area contributed by atoms with Gasteiger partial charge in [-0.1, -0.05) is 0 Å². The van der Waals surface area contributed by atoms with Gasteiger partial charge in [-0.25, -0.2) is 0 Å². The highest BCUT2D eigenvalue weighted by Crippen LogP contribution is 2.24. The Hall–Kier alpha value is -0.0800. The van der Waals surface area contributed by atoms with Gasteiger partial charge in [0.25, 0.3) is 0 Å². The van der Waals surface area contributed by atoms with E-state index in [9.17, 15) is 0 Å². The summed E-state index contributed by atoms with van der Waals surface area (Å²) in [6, 6.07) is 0. The smallest absolute Gasteiger partial charge is 0.0615 e. The van der Waals surface area contributed by atoms with E-state index >= 15 is 0 Å². The SMILES string of the molecule is C1CCC(C2CCCNC2)OC1. The zero-order valence-corrected chi connectivity index (χ0v) is 7.72. The molecule has 2 aliphatic rings. The molecule has 1 N–H and O–H groups in total. The third-order valence-corrected chi connectivity index (χ3v) is 3.08. The van der Waals surface area contributed by atoms with Crippen LogP contribution in [0.3, 0.4) is 0 Å². The highest BCUT2D eigenvalue weighted by Gasteiger charge is 2.25. The minimum absolute atomic E-state index is 0.576. The van der Waals surface area contributed by atoms with Crippen LogP contribution in [-0.2, 0) is 4.74 Å². The molecule has 2 aliphatic heterocycles. The van der Waals surface area contributed by atoms with Crippen molar-refractivity contribution in [2.75, 3.05) is 19.7 Å². The lowest BCUT2D eigenvalue weighted by Gasteiger charge is -2.33. The molecule has 0 amide bonds. The largest absolute Gasteiger partial charge is 0.378 e. The molecule has 70 valence electrons. The third kappa shape index (κ3) is 1.99. The van der Waals surface area contributed by atoms with Gasteiger partial charge in [0, 0.05) is 13.2 Å². The molecule has 0 bridgehead atoms. The van der Waals surface area contributed by atoms with Gasteiger partial charge >= 0.3 is 0 Å². The molecule has 2 rings (SSSR count). The fourth-order valence-electron chi connectivity index (χ4n) is 2.33. The maximum Gasteiger partial charge on any atom is 0.0615 e. The Balaban J connectivity index is 1.80. The Bertz CT molecular complexity index is 110. The zero-order valence-electron chi connectivity index (χ0n) is 7.72. The van der Waals surface area contributed by atoms with E-state index in [1.54, 1.807) is 0 Å². The normalized spacial score (nSPS) is 38.0. The van der Waals surface area contributed by atoms with Crippen molar-refractivity contribution in [1.82, 2.24) is 5.32 Å². The van der Waals surface area contributed by atoms with E-state index in [2.05, 4.69) is 5.32 Å². The van der Waals surface area contributed by atoms with Crippen molar-refractivity contribution >= 4 is 0 Å². The van der Waals surface area contributed by atoms with Crippen molar-refractivity contribution in [3.63, 3.8) is 0 Å². The summed E-state index contributed by atoms with van der Waals surface area (Å²) in [6.45, 7) is 3.40. The lowest BCUT2D eigenvalue weighted by Crippen LogP contribution is -2.39. The van der Waals surface area contributed by atoms with Crippen LogP contribution in [0.1, 0.15) is 32.1 Å². The van der Waals surface area contributed by atoms with Crippen molar-refractivity contribution in [2.24, 2.45) is 5.92 Å². The monoisotopic (exact) mass is 169 g/mol. The second-order valence-corrected chi connectivity index (χ2v) is 4.01. The summed E-state index contributed by atoms with van der Waals surface area (Å²) in [5.41, 5.74) is 0. The molecule has 0 radical (unpaired) electrons. The zero-order chi connectivity index (χ0) is 8.23. The number of nitrogens with one attached hydrogen (secondary N) is 1. The van der Waals surface area contributed by atoms with Crippen LogP contribution in [-0.4, -0.2) is 25.8 Å². The molecule has 2 fully saturated rings. The van der Waals surface area contributed by atoms with Gasteiger partial charge < -0.3 is 10.1 Å². The molecule has 2 heteroatoms. The van der Waals surface area contributed by atoms with E-state index in [0.717, 1.165) is 12.5 Å². The molecule has 12 heavy (non-hydrogen) atoms. The second-order valence-electron chi connectivity index (χ2n) is 4.01. The van der Waals surface area contributed by atoms with Crippen LogP contribution in [0.5, 0.6) is 0 Å². The number of piperidine rings is 1. The Labute approximate surface area is 74.7 Å². The lowest BCUT2D eigenvalue weighted by molar-refractivity contribution is -0.0265. The molecule has 0 aliphatic carbocycles. The molecule has 0 aromatic rings. The first-order chi connectivity index (χ1) is 5.97. The van der Waals surface area contributed by atoms with Gasteiger partial charge in [0.15, 0.2) is 0 Å². The molecule has 2 nitrogen and oxygen atoms in total. The van der Waals surface area contributed by atoms with Crippen LogP contribution < -0.4 is 5.32 Å². The van der Waals surface area contributed by atoms with Gasteiger partial charge in [-0.05, 0) is 44.6 Å². The van der Waals surface area contributed by atoms with E-state index in [4.69, 9.17) is 4.74 Å². The minimum Gasteiger partial charge on any atom is -0.378 e. The van der Waals surface area contributed by atoms with Crippen molar-refractivity contribution < 1.29 is 4.74 Å². The standard InChI is InChI=1S/C10H19NO/c1-2-7-12-10(5-1)9-4-3-6-11-8-9/h9-11H,1-8H2. The maximum absolute atomic E-state index is 5.78. The number of ether oxygens (including phenoxy) is 1. The van der Waals surface area contributed by atoms with E-state index in [-0.39, 0.29) is 0 Å². The summed E-state index contributed by atoms with van der Waals surface area (Å²) >= 11 is 0. The Morgan fingerprint density at radius 2 is 2.08 bits per heavy atom.